The molecule has 2 aromatic heterocycles. The molecule has 2 fully saturated rings. The average Bonchev–Trinajstić information content (AvgIpc) is 3.22. The van der Waals surface area contributed by atoms with E-state index in [1.54, 1.807) is 13.1 Å². The monoisotopic (exact) mass is 370 g/mol. The van der Waals surface area contributed by atoms with Crippen LogP contribution in [0.15, 0.2) is 18.3 Å². The van der Waals surface area contributed by atoms with Crippen molar-refractivity contribution in [1.82, 2.24) is 25.1 Å². The molecule has 2 N–H and O–H groups in total. The van der Waals surface area contributed by atoms with Crippen LogP contribution in [-0.2, 0) is 16.0 Å². The zero-order chi connectivity index (χ0) is 18.9. The third-order valence-corrected chi connectivity index (χ3v) is 5.54. The van der Waals surface area contributed by atoms with Crippen molar-refractivity contribution in [2.24, 2.45) is 5.92 Å². The minimum absolute atomic E-state index is 0.0704. The molecule has 0 radical (unpaired) electrons. The minimum atomic E-state index is -0.0704. The summed E-state index contributed by atoms with van der Waals surface area (Å²) < 4.78 is 6.20. The smallest absolute Gasteiger partial charge is 0.219 e. The van der Waals surface area contributed by atoms with E-state index in [1.807, 2.05) is 24.0 Å². The molecular formula is C19H26N6O2. The van der Waals surface area contributed by atoms with Gasteiger partial charge in [-0.25, -0.2) is 9.97 Å². The van der Waals surface area contributed by atoms with E-state index in [0.29, 0.717) is 5.92 Å². The number of aromatic nitrogens is 4. The Bertz CT molecular complexity index is 812. The van der Waals surface area contributed by atoms with E-state index in [4.69, 9.17) is 4.74 Å². The first kappa shape index (κ1) is 17.9. The molecule has 4 heterocycles. The first-order valence-electron chi connectivity index (χ1n) is 9.52. The van der Waals surface area contributed by atoms with Crippen LogP contribution in [0.5, 0.6) is 0 Å². The number of nitrogens with one attached hydrogen (secondary N) is 2. The highest BCUT2D eigenvalue weighted by molar-refractivity contribution is 5.73. The van der Waals surface area contributed by atoms with Gasteiger partial charge in [-0.15, -0.1) is 0 Å². The largest absolute Gasteiger partial charge is 0.375 e. The summed E-state index contributed by atoms with van der Waals surface area (Å²) >= 11 is 0. The molecule has 1 spiro atoms. The maximum absolute atomic E-state index is 11.5. The van der Waals surface area contributed by atoms with Crippen molar-refractivity contribution in [2.75, 3.05) is 25.0 Å². The number of likely N-dealkylation sites (tertiary alicyclic amines) is 1. The summed E-state index contributed by atoms with van der Waals surface area (Å²) in [5.74, 6) is 2.88. The number of anilines is 2. The van der Waals surface area contributed by atoms with Crippen molar-refractivity contribution >= 4 is 17.5 Å². The molecule has 2 aromatic rings. The zero-order valence-corrected chi connectivity index (χ0v) is 15.9. The lowest BCUT2D eigenvalue weighted by molar-refractivity contribution is -0.133. The first-order valence-corrected chi connectivity index (χ1v) is 9.52. The van der Waals surface area contributed by atoms with Gasteiger partial charge in [0.1, 0.15) is 11.6 Å². The standard InChI is InChI=1S/C19H26N6O2/c1-13-9-18(24-23-13)22-16-3-6-20-17(21-16)10-15-11-19(27-12-15)4-7-25(8-5-19)14(2)26/h3,6,9,15H,4-5,7-8,10-12H2,1-2H3,(H2,20,21,22,23,24). The molecule has 1 unspecified atom stereocenters. The average molecular weight is 370 g/mol. The second-order valence-electron chi connectivity index (χ2n) is 7.69. The number of H-pyrrole nitrogens is 1. The van der Waals surface area contributed by atoms with E-state index < -0.39 is 0 Å². The Kier molecular flexibility index (Phi) is 4.82. The second-order valence-corrected chi connectivity index (χ2v) is 7.69. The fourth-order valence-electron chi connectivity index (χ4n) is 4.09. The van der Waals surface area contributed by atoms with Crippen LogP contribution in [0.25, 0.3) is 0 Å². The third kappa shape index (κ3) is 4.10. The van der Waals surface area contributed by atoms with Gasteiger partial charge < -0.3 is 15.0 Å². The van der Waals surface area contributed by atoms with Crippen molar-refractivity contribution in [3.05, 3.63) is 29.8 Å². The molecule has 0 bridgehead atoms. The summed E-state index contributed by atoms with van der Waals surface area (Å²) in [4.78, 5) is 22.5. The van der Waals surface area contributed by atoms with Gasteiger partial charge in [0, 0.05) is 44.4 Å². The Morgan fingerprint density at radius 1 is 1.41 bits per heavy atom. The van der Waals surface area contributed by atoms with Crippen LogP contribution in [0, 0.1) is 12.8 Å². The SMILES string of the molecule is CC(=O)N1CCC2(CC1)CC(Cc1nccc(Nc3cc(C)[nH]n3)n1)CO2. The molecule has 1 atom stereocenters. The highest BCUT2D eigenvalue weighted by Crippen LogP contribution is 2.39. The van der Waals surface area contributed by atoms with Crippen molar-refractivity contribution in [2.45, 2.75) is 45.1 Å². The zero-order valence-electron chi connectivity index (χ0n) is 15.9. The van der Waals surface area contributed by atoms with E-state index in [1.165, 1.54) is 0 Å². The predicted molar refractivity (Wildman–Crippen MR) is 101 cm³/mol. The van der Waals surface area contributed by atoms with Gasteiger partial charge in [-0.05, 0) is 38.2 Å². The molecule has 4 rings (SSSR count). The number of hydrogen-bond acceptors (Lipinski definition) is 6. The summed E-state index contributed by atoms with van der Waals surface area (Å²) in [5, 5.41) is 10.3. The van der Waals surface area contributed by atoms with Gasteiger partial charge in [0.25, 0.3) is 0 Å². The molecule has 1 amide bonds. The number of nitrogens with zero attached hydrogens (tertiary/aromatic N) is 4. The summed E-state index contributed by atoms with van der Waals surface area (Å²) in [7, 11) is 0. The van der Waals surface area contributed by atoms with E-state index >= 15 is 0 Å². The summed E-state index contributed by atoms with van der Waals surface area (Å²) in [6, 6.07) is 3.78. The van der Waals surface area contributed by atoms with Crippen molar-refractivity contribution in [3.63, 3.8) is 0 Å². The van der Waals surface area contributed by atoms with Gasteiger partial charge in [0.05, 0.1) is 12.2 Å². The summed E-state index contributed by atoms with van der Waals surface area (Å²) in [6.07, 6.45) is 5.43. The van der Waals surface area contributed by atoms with Crippen molar-refractivity contribution in [1.29, 1.82) is 0 Å². The highest BCUT2D eigenvalue weighted by atomic mass is 16.5. The van der Waals surface area contributed by atoms with Gasteiger partial charge in [0.2, 0.25) is 5.91 Å². The van der Waals surface area contributed by atoms with E-state index in [0.717, 1.165) is 68.5 Å². The molecule has 0 saturated carbocycles. The number of piperidine rings is 1. The maximum atomic E-state index is 11.5. The molecule has 8 heteroatoms. The highest BCUT2D eigenvalue weighted by Gasteiger charge is 2.43. The lowest BCUT2D eigenvalue weighted by Gasteiger charge is -2.38. The normalized spacial score (nSPS) is 21.6. The Morgan fingerprint density at radius 2 is 2.22 bits per heavy atom. The number of ether oxygens (including phenoxy) is 1. The number of hydrogen-bond donors (Lipinski definition) is 2. The minimum Gasteiger partial charge on any atom is -0.375 e. The summed E-state index contributed by atoms with van der Waals surface area (Å²) in [5.41, 5.74) is 0.926. The Labute approximate surface area is 158 Å². The first-order chi connectivity index (χ1) is 13.0. The van der Waals surface area contributed by atoms with Crippen molar-refractivity contribution < 1.29 is 9.53 Å². The number of aromatic amines is 1. The lowest BCUT2D eigenvalue weighted by Crippen LogP contribution is -2.45. The fourth-order valence-corrected chi connectivity index (χ4v) is 4.09. The van der Waals surface area contributed by atoms with Gasteiger partial charge in [-0.3, -0.25) is 9.89 Å². The van der Waals surface area contributed by atoms with Gasteiger partial charge in [-0.2, -0.15) is 5.10 Å². The Hall–Kier alpha value is -2.48. The van der Waals surface area contributed by atoms with Crippen LogP contribution in [0.2, 0.25) is 0 Å². The summed E-state index contributed by atoms with van der Waals surface area (Å²) in [6.45, 7) is 5.92. The van der Waals surface area contributed by atoms with E-state index in [2.05, 4.69) is 25.5 Å². The second kappa shape index (κ2) is 7.26. The lowest BCUT2D eigenvalue weighted by atomic mass is 9.84. The van der Waals surface area contributed by atoms with Crippen LogP contribution in [-0.4, -0.2) is 56.3 Å². The molecule has 2 saturated heterocycles. The number of rotatable bonds is 4. The van der Waals surface area contributed by atoms with Gasteiger partial charge in [0.15, 0.2) is 5.82 Å². The van der Waals surface area contributed by atoms with Crippen LogP contribution >= 0.6 is 0 Å². The maximum Gasteiger partial charge on any atom is 0.219 e. The number of carbonyl (C=O) groups is 1. The van der Waals surface area contributed by atoms with Crippen LogP contribution in [0.1, 0.15) is 37.7 Å². The number of aryl methyl sites for hydroxylation is 1. The Morgan fingerprint density at radius 3 is 2.93 bits per heavy atom. The Balaban J connectivity index is 1.35. The molecule has 0 aliphatic carbocycles. The quantitative estimate of drug-likeness (QED) is 0.857. The molecule has 8 nitrogen and oxygen atoms in total. The third-order valence-electron chi connectivity index (χ3n) is 5.54. The number of amides is 1. The molecular weight excluding hydrogens is 344 g/mol. The van der Waals surface area contributed by atoms with E-state index in [-0.39, 0.29) is 11.5 Å². The van der Waals surface area contributed by atoms with Crippen LogP contribution in [0.3, 0.4) is 0 Å². The van der Waals surface area contributed by atoms with E-state index in [9.17, 15) is 4.79 Å². The molecule has 2 aliphatic rings. The van der Waals surface area contributed by atoms with Gasteiger partial charge in [-0.1, -0.05) is 0 Å². The van der Waals surface area contributed by atoms with Gasteiger partial charge >= 0.3 is 0 Å². The molecule has 0 aromatic carbocycles. The van der Waals surface area contributed by atoms with Crippen LogP contribution < -0.4 is 5.32 Å². The predicted octanol–water partition coefficient (Wildman–Crippen LogP) is 2.21. The van der Waals surface area contributed by atoms with Crippen LogP contribution in [0.4, 0.5) is 11.6 Å². The molecule has 2 aliphatic heterocycles. The van der Waals surface area contributed by atoms with Crippen molar-refractivity contribution in [3.8, 4) is 0 Å². The fraction of sp³-hybridized carbons (Fsp3) is 0.579. The molecule has 144 valence electrons. The number of carbonyl (C=O) groups excluding carboxylic acids is 1. The topological polar surface area (TPSA) is 96.0 Å². The molecule has 27 heavy (non-hydrogen) atoms.